The van der Waals surface area contributed by atoms with Gasteiger partial charge in [0.1, 0.15) is 11.5 Å². The molecule has 0 aliphatic heterocycles. The van der Waals surface area contributed by atoms with Gasteiger partial charge < -0.3 is 38.1 Å². The van der Waals surface area contributed by atoms with Crippen molar-refractivity contribution in [3.63, 3.8) is 0 Å². The minimum absolute atomic E-state index is 0.0131. The minimum Gasteiger partial charge on any atom is -0.493 e. The number of unbranched alkanes of at least 4 members (excludes halogenated alkanes) is 2. The molecular weight excluding hydrogens is 430 g/mol. The van der Waals surface area contributed by atoms with Crippen LogP contribution in [0.1, 0.15) is 46.4 Å². The summed E-state index contributed by atoms with van der Waals surface area (Å²) in [5.41, 5.74) is 29.6. The number of carbonyl (C=O) groups excluding carboxylic acids is 2. The topological polar surface area (TPSA) is 223 Å². The van der Waals surface area contributed by atoms with E-state index < -0.39 is 11.8 Å². The van der Waals surface area contributed by atoms with Gasteiger partial charge in [0, 0.05) is 39.7 Å². The first-order valence-corrected chi connectivity index (χ1v) is 10.4. The van der Waals surface area contributed by atoms with Crippen molar-refractivity contribution in [2.75, 3.05) is 40.4 Å². The van der Waals surface area contributed by atoms with Crippen LogP contribution in [0, 0.1) is 0 Å². The highest BCUT2D eigenvalue weighted by atomic mass is 16.5. The van der Waals surface area contributed by atoms with E-state index in [0.29, 0.717) is 32.5 Å². The molecule has 13 nitrogen and oxygen atoms in total. The predicted octanol–water partition coefficient (Wildman–Crippen LogP) is -1.14. The predicted molar refractivity (Wildman–Crippen MR) is 127 cm³/mol. The van der Waals surface area contributed by atoms with Gasteiger partial charge in [-0.2, -0.15) is 0 Å². The maximum atomic E-state index is 12.6. The Labute approximate surface area is 193 Å². The molecule has 0 aliphatic carbocycles. The van der Waals surface area contributed by atoms with Crippen LogP contribution >= 0.6 is 0 Å². The lowest BCUT2D eigenvalue weighted by Gasteiger charge is -2.18. The van der Waals surface area contributed by atoms with Crippen molar-refractivity contribution in [1.82, 2.24) is 10.4 Å². The number of hydrogen-bond acceptors (Lipinski definition) is 7. The molecule has 0 saturated carbocycles. The summed E-state index contributed by atoms with van der Waals surface area (Å²) in [5, 5.41) is 1.47. The quantitative estimate of drug-likeness (QED) is 0.0795. The van der Waals surface area contributed by atoms with E-state index in [1.807, 2.05) is 0 Å². The van der Waals surface area contributed by atoms with Crippen LogP contribution < -0.4 is 43.6 Å². The number of guanidine groups is 2. The first-order valence-electron chi connectivity index (χ1n) is 10.4. The molecule has 11 N–H and O–H groups in total. The molecule has 0 atom stereocenters. The molecule has 0 heterocycles. The number of nitrogens with zero attached hydrogens (tertiary/aromatic N) is 3. The molecule has 1 rings (SSSR count). The van der Waals surface area contributed by atoms with Crippen molar-refractivity contribution < 1.29 is 19.1 Å². The summed E-state index contributed by atoms with van der Waals surface area (Å²) >= 11 is 0. The zero-order chi connectivity index (χ0) is 24.8. The van der Waals surface area contributed by atoms with Crippen molar-refractivity contribution in [3.05, 3.63) is 23.3 Å². The second-order valence-corrected chi connectivity index (χ2v) is 7.27. The summed E-state index contributed by atoms with van der Waals surface area (Å²) in [6, 6.07) is 2.85. The fraction of sp³-hybridized carbons (Fsp3) is 0.500. The molecule has 1 aromatic rings. The highest BCUT2D eigenvalue weighted by Gasteiger charge is 2.21. The molecule has 0 fully saturated rings. The van der Waals surface area contributed by atoms with Crippen molar-refractivity contribution in [2.45, 2.75) is 25.7 Å². The number of rotatable bonds is 15. The van der Waals surface area contributed by atoms with Crippen molar-refractivity contribution >= 4 is 23.7 Å². The fourth-order valence-electron chi connectivity index (χ4n) is 2.67. The van der Waals surface area contributed by atoms with Crippen LogP contribution in [0.2, 0.25) is 0 Å². The van der Waals surface area contributed by atoms with Crippen LogP contribution in [0.25, 0.3) is 0 Å². The lowest BCUT2D eigenvalue weighted by molar-refractivity contribution is 0.0852. The maximum Gasteiger partial charge on any atom is 0.269 e. The van der Waals surface area contributed by atoms with E-state index in [9.17, 15) is 9.59 Å². The van der Waals surface area contributed by atoms with Crippen LogP contribution in [0.4, 0.5) is 0 Å². The van der Waals surface area contributed by atoms with E-state index in [2.05, 4.69) is 15.4 Å². The lowest BCUT2D eigenvalue weighted by atomic mass is 10.1. The molecule has 184 valence electrons. The van der Waals surface area contributed by atoms with Crippen LogP contribution in [0.5, 0.6) is 11.5 Å². The number of hydrogen-bond donors (Lipinski definition) is 6. The van der Waals surface area contributed by atoms with Crippen molar-refractivity contribution in [1.29, 1.82) is 0 Å². The Morgan fingerprint density at radius 3 is 1.91 bits per heavy atom. The van der Waals surface area contributed by atoms with E-state index in [1.54, 1.807) is 14.1 Å². The number of amides is 2. The molecule has 0 saturated heterocycles. The molecule has 0 radical (unpaired) electrons. The number of benzene rings is 1. The van der Waals surface area contributed by atoms with Gasteiger partial charge in [-0.3, -0.25) is 25.0 Å². The van der Waals surface area contributed by atoms with E-state index in [-0.39, 0.29) is 41.2 Å². The number of aliphatic imine (C=N–C) groups is 2. The van der Waals surface area contributed by atoms with Crippen molar-refractivity contribution in [2.24, 2.45) is 38.7 Å². The Hall–Kier alpha value is -3.74. The molecule has 2 amide bonds. The summed E-state index contributed by atoms with van der Waals surface area (Å²) in [5.74, 6) is -0.675. The largest absolute Gasteiger partial charge is 0.493 e. The van der Waals surface area contributed by atoms with Gasteiger partial charge >= 0.3 is 0 Å². The summed E-state index contributed by atoms with van der Waals surface area (Å²) in [6.07, 6.45) is 2.82. The molecule has 0 unspecified atom stereocenters. The highest BCUT2D eigenvalue weighted by molar-refractivity contribution is 6.02. The molecule has 0 aromatic heterocycles. The summed E-state index contributed by atoms with van der Waals surface area (Å²) in [7, 11) is 3.32. The zero-order valence-electron chi connectivity index (χ0n) is 19.2. The molecule has 0 spiro atoms. The number of nitrogens with one attached hydrogen (secondary N) is 1. The van der Waals surface area contributed by atoms with E-state index in [0.717, 1.165) is 12.8 Å². The Bertz CT molecular complexity index is 848. The van der Waals surface area contributed by atoms with Gasteiger partial charge in [0.05, 0.1) is 24.3 Å². The Kier molecular flexibility index (Phi) is 11.9. The smallest absolute Gasteiger partial charge is 0.269 e. The molecule has 0 aliphatic rings. The molecule has 0 bridgehead atoms. The van der Waals surface area contributed by atoms with Gasteiger partial charge in [0.2, 0.25) is 0 Å². The van der Waals surface area contributed by atoms with Gasteiger partial charge in [-0.05, 0) is 25.3 Å². The second-order valence-electron chi connectivity index (χ2n) is 7.27. The minimum atomic E-state index is -0.726. The number of ether oxygens (including phenoxy) is 2. The van der Waals surface area contributed by atoms with E-state index in [4.69, 9.17) is 38.1 Å². The van der Waals surface area contributed by atoms with Gasteiger partial charge in [0.15, 0.2) is 11.9 Å². The van der Waals surface area contributed by atoms with Gasteiger partial charge in [-0.15, -0.1) is 0 Å². The number of hydrazine groups is 1. The Balaban J connectivity index is 2.97. The maximum absolute atomic E-state index is 12.6. The summed E-state index contributed by atoms with van der Waals surface area (Å²) < 4.78 is 11.6. The third kappa shape index (κ3) is 10.9. The molecule has 33 heavy (non-hydrogen) atoms. The van der Waals surface area contributed by atoms with Gasteiger partial charge in [-0.25, -0.2) is 5.01 Å². The third-order valence-corrected chi connectivity index (χ3v) is 4.13. The molecule has 13 heteroatoms. The average Bonchev–Trinajstić information content (AvgIpc) is 2.71. The lowest BCUT2D eigenvalue weighted by Crippen LogP contribution is -2.36. The summed E-state index contributed by atoms with van der Waals surface area (Å²) in [4.78, 5) is 32.5. The standard InChI is InChI=1S/C20H35N9O4/c1-29(2)28-18(31)14-11-13(17(21)30)15(32-9-5-3-4-7-26-19(22)23)12-16(14)33-10-6-8-27-20(24)25/h11-12H,3-10H2,1-2H3,(H2,21,30)(H,28,31)(H4,22,23,26)(H4,24,25,27). The van der Waals surface area contributed by atoms with Crippen LogP contribution in [0.3, 0.4) is 0 Å². The number of carbonyl (C=O) groups is 2. The first kappa shape index (κ1) is 27.3. The first-order chi connectivity index (χ1) is 15.6. The molecular formula is C20H35N9O4. The third-order valence-electron chi connectivity index (χ3n) is 4.13. The van der Waals surface area contributed by atoms with Crippen LogP contribution in [-0.2, 0) is 0 Å². The molecule has 1 aromatic carbocycles. The fourth-order valence-corrected chi connectivity index (χ4v) is 2.67. The van der Waals surface area contributed by atoms with E-state index in [1.165, 1.54) is 17.1 Å². The number of primary amides is 1. The Morgan fingerprint density at radius 1 is 0.818 bits per heavy atom. The highest BCUT2D eigenvalue weighted by Crippen LogP contribution is 2.30. The number of nitrogens with two attached hydrogens (primary N) is 5. The zero-order valence-corrected chi connectivity index (χ0v) is 19.2. The normalized spacial score (nSPS) is 10.4. The SMILES string of the molecule is CN(C)NC(=O)c1cc(C(N)=O)c(OCCCCCN=C(N)N)cc1OCCCN=C(N)N. The van der Waals surface area contributed by atoms with Crippen LogP contribution in [-0.4, -0.2) is 69.1 Å². The van der Waals surface area contributed by atoms with E-state index >= 15 is 0 Å². The monoisotopic (exact) mass is 465 g/mol. The van der Waals surface area contributed by atoms with Gasteiger partial charge in [-0.1, -0.05) is 0 Å². The Morgan fingerprint density at radius 2 is 1.36 bits per heavy atom. The second kappa shape index (κ2) is 14.3. The van der Waals surface area contributed by atoms with Gasteiger partial charge in [0.25, 0.3) is 11.8 Å². The summed E-state index contributed by atoms with van der Waals surface area (Å²) in [6.45, 7) is 1.46. The van der Waals surface area contributed by atoms with Crippen molar-refractivity contribution in [3.8, 4) is 11.5 Å². The average molecular weight is 466 g/mol. The van der Waals surface area contributed by atoms with Crippen LogP contribution in [0.15, 0.2) is 22.1 Å².